The molecule has 0 aromatic heterocycles. The third kappa shape index (κ3) is 312. The number of carboxylic acid groups (broad SMARTS) is 1. The van der Waals surface area contributed by atoms with Crippen LogP contribution in [-0.2, 0) is 4.79 Å². The van der Waals surface area contributed by atoms with E-state index >= 15 is 0 Å². The maximum atomic E-state index is 8.89. The molecule has 0 unspecified atom stereocenters. The molecule has 5 heteroatoms. The number of halogens is 2. The molecular weight excluding hydrogens is 197 g/mol. The molecule has 0 saturated heterocycles. The molecule has 0 saturated carbocycles. The van der Waals surface area contributed by atoms with Gasteiger partial charge in [-0.05, 0) is 6.92 Å². The van der Waals surface area contributed by atoms with Gasteiger partial charge in [-0.2, -0.15) is 0 Å². The molecule has 0 aliphatic rings. The van der Waals surface area contributed by atoms with Crippen molar-refractivity contribution in [1.82, 2.24) is 0 Å². The predicted molar refractivity (Wildman–Crippen MR) is 16.4 cm³/mol. The molecular formula is C2H3Cl2GaO2. The molecule has 0 amide bonds. The van der Waals surface area contributed by atoms with E-state index in [0.29, 0.717) is 0 Å². The first-order chi connectivity index (χ1) is 1.73. The van der Waals surface area contributed by atoms with Crippen LogP contribution in [0.2, 0.25) is 0 Å². The van der Waals surface area contributed by atoms with Crippen LogP contribution in [0.3, 0.4) is 0 Å². The fraction of sp³-hybridized carbons (Fsp3) is 0.500. The van der Waals surface area contributed by atoms with Crippen molar-refractivity contribution < 1.29 is 34.7 Å². The van der Waals surface area contributed by atoms with Crippen LogP contribution < -0.4 is 29.9 Å². The van der Waals surface area contributed by atoms with Gasteiger partial charge in [0.2, 0.25) is 0 Å². The van der Waals surface area contributed by atoms with Gasteiger partial charge < -0.3 is 34.7 Å². The van der Waals surface area contributed by atoms with E-state index in [1.54, 1.807) is 0 Å². The first-order valence-electron chi connectivity index (χ1n) is 0.908. The van der Waals surface area contributed by atoms with Gasteiger partial charge in [-0.1, -0.05) is 0 Å². The van der Waals surface area contributed by atoms with Crippen LogP contribution >= 0.6 is 0 Å². The first kappa shape index (κ1) is 25.3. The predicted octanol–water partition coefficient (Wildman–Crippen LogP) is -7.62. The van der Waals surface area contributed by atoms with Gasteiger partial charge in [-0.25, -0.2) is 0 Å². The van der Waals surface area contributed by atoms with E-state index in [1.165, 1.54) is 0 Å². The molecule has 40 valence electrons. The van der Waals surface area contributed by atoms with E-state index in [9.17, 15) is 0 Å². The fourth-order valence-corrected chi connectivity index (χ4v) is 0. The van der Waals surface area contributed by atoms with Gasteiger partial charge in [0.15, 0.2) is 0 Å². The van der Waals surface area contributed by atoms with E-state index < -0.39 is 5.97 Å². The molecule has 0 atom stereocenters. The molecule has 0 N–H and O–H groups in total. The molecule has 0 fully saturated rings. The molecule has 7 heavy (non-hydrogen) atoms. The van der Waals surface area contributed by atoms with Crippen LogP contribution in [0.4, 0.5) is 0 Å². The Labute approximate surface area is 67.5 Å². The molecule has 0 rings (SSSR count). The van der Waals surface area contributed by atoms with Gasteiger partial charge in [-0.15, -0.1) is 0 Å². The third-order valence-electron chi connectivity index (χ3n) is 0. The zero-order chi connectivity index (χ0) is 3.58. The van der Waals surface area contributed by atoms with Crippen LogP contribution in [0.25, 0.3) is 0 Å². The number of rotatable bonds is 0. The van der Waals surface area contributed by atoms with Crippen LogP contribution in [0.5, 0.6) is 0 Å². The van der Waals surface area contributed by atoms with Crippen molar-refractivity contribution >= 4 is 25.8 Å². The number of hydrogen-bond acceptors (Lipinski definition) is 2. The van der Waals surface area contributed by atoms with Crippen molar-refractivity contribution in [2.75, 3.05) is 0 Å². The SMILES string of the molecule is CC(=O)[O-].[Cl-].[Cl-].[Ga+3]. The Balaban J connectivity index is -0.0000000150. The average molecular weight is 200 g/mol. The Morgan fingerprint density at radius 1 is 1.43 bits per heavy atom. The Morgan fingerprint density at radius 3 is 1.43 bits per heavy atom. The number of aliphatic carboxylic acids is 1. The maximum Gasteiger partial charge on any atom is 3.00 e. The van der Waals surface area contributed by atoms with Gasteiger partial charge >= 0.3 is 19.8 Å². The van der Waals surface area contributed by atoms with Gasteiger partial charge in [0.05, 0.1) is 0 Å². The van der Waals surface area contributed by atoms with Gasteiger partial charge in [0.25, 0.3) is 0 Å². The molecule has 0 spiro atoms. The largest absolute Gasteiger partial charge is 3.00 e. The number of carboxylic acids is 1. The monoisotopic (exact) mass is 198 g/mol. The van der Waals surface area contributed by atoms with Gasteiger partial charge in [0.1, 0.15) is 0 Å². The molecule has 0 heterocycles. The maximum absolute atomic E-state index is 8.89. The van der Waals surface area contributed by atoms with Crippen molar-refractivity contribution in [3.63, 3.8) is 0 Å². The normalized spacial score (nSPS) is 3.57. The fourth-order valence-electron chi connectivity index (χ4n) is 0. The summed E-state index contributed by atoms with van der Waals surface area (Å²) in [5.74, 6) is -1.08. The van der Waals surface area contributed by atoms with Crippen molar-refractivity contribution in [1.29, 1.82) is 0 Å². The second-order valence-electron chi connectivity index (χ2n) is 0.492. The summed E-state index contributed by atoms with van der Waals surface area (Å²) < 4.78 is 0. The van der Waals surface area contributed by atoms with E-state index in [1.807, 2.05) is 0 Å². The average Bonchev–Trinajstić information content (AvgIpc) is 0.811. The molecule has 0 aromatic carbocycles. The number of hydrogen-bond donors (Lipinski definition) is 0. The number of carbonyl (C=O) groups excluding carboxylic acids is 1. The summed E-state index contributed by atoms with van der Waals surface area (Å²) >= 11 is 0. The Bertz CT molecular complexity index is 36.7. The molecule has 2 nitrogen and oxygen atoms in total. The Morgan fingerprint density at radius 2 is 1.43 bits per heavy atom. The van der Waals surface area contributed by atoms with E-state index in [0.717, 1.165) is 6.92 Å². The van der Waals surface area contributed by atoms with Crippen LogP contribution in [0.15, 0.2) is 0 Å². The minimum Gasteiger partial charge on any atom is -1.00 e. The molecule has 0 aliphatic heterocycles. The Hall–Kier alpha value is 0.686. The summed E-state index contributed by atoms with van der Waals surface area (Å²) in [6, 6.07) is 0. The summed E-state index contributed by atoms with van der Waals surface area (Å²) in [5, 5.41) is 8.89. The molecule has 0 radical (unpaired) electrons. The number of carbonyl (C=O) groups is 1. The molecule has 0 aliphatic carbocycles. The first-order valence-corrected chi connectivity index (χ1v) is 0.908. The summed E-state index contributed by atoms with van der Waals surface area (Å²) in [7, 11) is 0. The molecule has 0 aromatic rings. The summed E-state index contributed by atoms with van der Waals surface area (Å²) in [4.78, 5) is 8.89. The van der Waals surface area contributed by atoms with Crippen molar-refractivity contribution in [3.8, 4) is 0 Å². The van der Waals surface area contributed by atoms with Crippen LogP contribution in [0, 0.1) is 0 Å². The third-order valence-corrected chi connectivity index (χ3v) is 0. The van der Waals surface area contributed by atoms with Gasteiger partial charge in [-0.3, -0.25) is 0 Å². The topological polar surface area (TPSA) is 40.1 Å². The van der Waals surface area contributed by atoms with Crippen molar-refractivity contribution in [3.05, 3.63) is 0 Å². The molecule has 0 bridgehead atoms. The van der Waals surface area contributed by atoms with Crippen LogP contribution in [-0.4, -0.2) is 25.8 Å². The van der Waals surface area contributed by atoms with E-state index in [-0.39, 0.29) is 44.6 Å². The Kier molecular flexibility index (Phi) is 57.5. The van der Waals surface area contributed by atoms with Gasteiger partial charge in [0, 0.05) is 5.97 Å². The van der Waals surface area contributed by atoms with Crippen molar-refractivity contribution in [2.45, 2.75) is 6.92 Å². The zero-order valence-electron chi connectivity index (χ0n) is 3.65. The summed E-state index contributed by atoms with van der Waals surface area (Å²) in [5.41, 5.74) is 0. The minimum atomic E-state index is -1.08. The van der Waals surface area contributed by atoms with Crippen molar-refractivity contribution in [2.24, 2.45) is 0 Å². The minimum absolute atomic E-state index is 0. The summed E-state index contributed by atoms with van der Waals surface area (Å²) in [6.07, 6.45) is 0. The summed E-state index contributed by atoms with van der Waals surface area (Å²) in [6.45, 7) is 0.972. The smallest absolute Gasteiger partial charge is 1.00 e. The van der Waals surface area contributed by atoms with Crippen LogP contribution in [0.1, 0.15) is 6.92 Å². The quantitative estimate of drug-likeness (QED) is 0.364. The zero-order valence-corrected chi connectivity index (χ0v) is 7.58. The standard InChI is InChI=1S/C2H4O2.2ClH.Ga/c1-2(3)4;;;/h1H3,(H,3,4);2*1H;/q;;;+3/p-3. The second-order valence-corrected chi connectivity index (χ2v) is 0.492. The second kappa shape index (κ2) is 15.9. The van der Waals surface area contributed by atoms with E-state index in [4.69, 9.17) is 9.90 Å². The van der Waals surface area contributed by atoms with E-state index in [2.05, 4.69) is 0 Å².